The normalized spacial score (nSPS) is 12.5. The summed E-state index contributed by atoms with van der Waals surface area (Å²) in [6.07, 6.45) is 0.935. The molecule has 2 aromatic carbocycles. The van der Waals surface area contributed by atoms with E-state index >= 15 is 0 Å². The maximum Gasteiger partial charge on any atom is 0.336 e. The average molecular weight is 411 g/mol. The molecule has 0 spiro atoms. The van der Waals surface area contributed by atoms with Gasteiger partial charge in [0, 0.05) is 0 Å². The van der Waals surface area contributed by atoms with E-state index in [1.807, 2.05) is 37.3 Å². The van der Waals surface area contributed by atoms with Crippen molar-refractivity contribution in [2.75, 3.05) is 6.61 Å². The van der Waals surface area contributed by atoms with Gasteiger partial charge in [-0.15, -0.1) is 0 Å². The van der Waals surface area contributed by atoms with Gasteiger partial charge in [0.15, 0.2) is 6.10 Å². The topological polar surface area (TPSA) is 69.7 Å². The minimum absolute atomic E-state index is 0.0439. The Balaban J connectivity index is 2.09. The lowest BCUT2D eigenvalue weighted by atomic mass is 10.1. The first-order valence-electron chi connectivity index (χ1n) is 8.82. The highest BCUT2D eigenvalue weighted by Crippen LogP contribution is 2.24. The lowest BCUT2D eigenvalue weighted by Gasteiger charge is -2.17. The lowest BCUT2D eigenvalue weighted by molar-refractivity contribution is -0.152. The van der Waals surface area contributed by atoms with Crippen molar-refractivity contribution in [3.63, 3.8) is 0 Å². The van der Waals surface area contributed by atoms with Crippen LogP contribution in [-0.4, -0.2) is 27.1 Å². The molecule has 146 valence electrons. The summed E-state index contributed by atoms with van der Waals surface area (Å²) in [6.45, 7) is 2.07. The molecule has 2 rings (SSSR count). The molecule has 0 radical (unpaired) electrons. The van der Waals surface area contributed by atoms with Crippen LogP contribution in [0.2, 0.25) is 5.02 Å². The summed E-state index contributed by atoms with van der Waals surface area (Å²) in [5.41, 5.74) is 1.10. The summed E-state index contributed by atoms with van der Waals surface area (Å²) in [5, 5.41) is 0.0439. The molecule has 0 saturated carbocycles. The van der Waals surface area contributed by atoms with Crippen LogP contribution >= 0.6 is 11.6 Å². The van der Waals surface area contributed by atoms with E-state index in [9.17, 15) is 13.2 Å². The van der Waals surface area contributed by atoms with E-state index in [4.69, 9.17) is 20.5 Å². The molecule has 1 atom stereocenters. The van der Waals surface area contributed by atoms with Crippen LogP contribution in [-0.2, 0) is 30.3 Å². The molecule has 0 fully saturated rings. The maximum atomic E-state index is 12.6. The number of rotatable bonds is 10. The number of hydrogen-bond donors (Lipinski definition) is 0. The van der Waals surface area contributed by atoms with E-state index in [1.54, 1.807) is 12.1 Å². The third-order valence-electron chi connectivity index (χ3n) is 3.83. The zero-order valence-corrected chi connectivity index (χ0v) is 16.7. The highest BCUT2D eigenvalue weighted by molar-refractivity contribution is 7.87. The third-order valence-corrected chi connectivity index (χ3v) is 5.66. The van der Waals surface area contributed by atoms with Gasteiger partial charge in [-0.1, -0.05) is 61.0 Å². The van der Waals surface area contributed by atoms with Crippen molar-refractivity contribution >= 4 is 27.7 Å². The van der Waals surface area contributed by atoms with Gasteiger partial charge in [-0.3, -0.25) is 4.18 Å². The molecule has 0 aliphatic heterocycles. The number of esters is 1. The number of hydrogen-bond acceptors (Lipinski definition) is 5. The quantitative estimate of drug-likeness (QED) is 0.429. The summed E-state index contributed by atoms with van der Waals surface area (Å²) >= 11 is 5.96. The minimum Gasteiger partial charge on any atom is -0.464 e. The molecule has 27 heavy (non-hydrogen) atoms. The van der Waals surface area contributed by atoms with Gasteiger partial charge in [-0.25, -0.2) is 4.79 Å². The first-order valence-corrected chi connectivity index (χ1v) is 10.6. The molecule has 0 N–H and O–H groups in total. The molecule has 0 heterocycles. The monoisotopic (exact) mass is 410 g/mol. The Hall–Kier alpha value is -1.89. The summed E-state index contributed by atoms with van der Waals surface area (Å²) in [7, 11) is -4.19. The van der Waals surface area contributed by atoms with Crippen LogP contribution in [0.5, 0.6) is 0 Å². The van der Waals surface area contributed by atoms with Crippen LogP contribution in [0.3, 0.4) is 0 Å². The standard InChI is InChI=1S/C20H23ClO5S/c1-2-15-25-20(22)18(13-8-11-16-9-4-3-5-10-16)26-27(23,24)19-14-7-6-12-17(19)21/h3-7,9-10,12,14,18H,2,8,11,13,15H2,1H3/t18-/m1/s1. The fourth-order valence-corrected chi connectivity index (χ4v) is 4.04. The van der Waals surface area contributed by atoms with Crippen molar-refractivity contribution in [3.8, 4) is 0 Å². The first kappa shape index (κ1) is 21.4. The zero-order chi connectivity index (χ0) is 19.7. The van der Waals surface area contributed by atoms with Gasteiger partial charge in [-0.05, 0) is 43.4 Å². The van der Waals surface area contributed by atoms with Crippen molar-refractivity contribution in [2.24, 2.45) is 0 Å². The van der Waals surface area contributed by atoms with Crippen molar-refractivity contribution in [1.82, 2.24) is 0 Å². The predicted octanol–water partition coefficient (Wildman–Crippen LogP) is 4.39. The molecule has 5 nitrogen and oxygen atoms in total. The summed E-state index contributed by atoms with van der Waals surface area (Å²) in [4.78, 5) is 12.1. The van der Waals surface area contributed by atoms with Crippen molar-refractivity contribution < 1.29 is 22.1 Å². The van der Waals surface area contributed by atoms with Gasteiger partial charge in [-0.2, -0.15) is 8.42 Å². The Morgan fingerprint density at radius 1 is 1.07 bits per heavy atom. The van der Waals surface area contributed by atoms with Gasteiger partial charge in [0.2, 0.25) is 0 Å². The van der Waals surface area contributed by atoms with E-state index < -0.39 is 22.2 Å². The Morgan fingerprint density at radius 3 is 2.41 bits per heavy atom. The second kappa shape index (κ2) is 10.4. The molecule has 0 amide bonds. The maximum absolute atomic E-state index is 12.6. The molecule has 0 aliphatic rings. The van der Waals surface area contributed by atoms with Gasteiger partial charge < -0.3 is 4.74 Å². The fraction of sp³-hybridized carbons (Fsp3) is 0.350. The Labute approximate surface area is 165 Å². The highest BCUT2D eigenvalue weighted by Gasteiger charge is 2.29. The number of ether oxygens (including phenoxy) is 1. The van der Waals surface area contributed by atoms with Gasteiger partial charge >= 0.3 is 5.97 Å². The van der Waals surface area contributed by atoms with Crippen LogP contribution in [0.15, 0.2) is 59.5 Å². The minimum atomic E-state index is -4.19. The number of aryl methyl sites for hydroxylation is 1. The number of benzene rings is 2. The molecular weight excluding hydrogens is 388 g/mol. The molecule has 0 unspecified atom stereocenters. The summed E-state index contributed by atoms with van der Waals surface area (Å²) < 4.78 is 35.4. The SMILES string of the molecule is CCCOC(=O)[C@@H](CCCc1ccccc1)OS(=O)(=O)c1ccccc1Cl. The second-order valence-corrected chi connectivity index (χ2v) is 7.96. The van der Waals surface area contributed by atoms with Crippen molar-refractivity contribution in [2.45, 2.75) is 43.6 Å². The van der Waals surface area contributed by atoms with E-state index in [1.165, 1.54) is 12.1 Å². The molecular formula is C20H23ClO5S. The molecule has 0 bridgehead atoms. The summed E-state index contributed by atoms with van der Waals surface area (Å²) in [5.74, 6) is -0.680. The average Bonchev–Trinajstić information content (AvgIpc) is 2.66. The lowest BCUT2D eigenvalue weighted by Crippen LogP contribution is -2.30. The van der Waals surface area contributed by atoms with E-state index in [0.29, 0.717) is 19.3 Å². The molecule has 0 aromatic heterocycles. The smallest absolute Gasteiger partial charge is 0.336 e. The predicted molar refractivity (Wildman–Crippen MR) is 104 cm³/mol. The van der Waals surface area contributed by atoms with Crippen LogP contribution < -0.4 is 0 Å². The van der Waals surface area contributed by atoms with Crippen molar-refractivity contribution in [3.05, 3.63) is 65.2 Å². The van der Waals surface area contributed by atoms with Crippen LogP contribution in [0, 0.1) is 0 Å². The van der Waals surface area contributed by atoms with E-state index in [-0.39, 0.29) is 22.9 Å². The molecule has 7 heteroatoms. The Bertz CT molecular complexity index is 836. The van der Waals surface area contributed by atoms with E-state index in [0.717, 1.165) is 5.56 Å². The third kappa shape index (κ3) is 6.65. The Kier molecular flexibility index (Phi) is 8.28. The van der Waals surface area contributed by atoms with Crippen molar-refractivity contribution in [1.29, 1.82) is 0 Å². The number of halogens is 1. The molecule has 0 saturated heterocycles. The second-order valence-electron chi connectivity index (χ2n) is 6.01. The Morgan fingerprint density at radius 2 is 1.74 bits per heavy atom. The van der Waals surface area contributed by atoms with E-state index in [2.05, 4.69) is 0 Å². The van der Waals surface area contributed by atoms with Crippen LogP contribution in [0.1, 0.15) is 31.7 Å². The molecule has 0 aliphatic carbocycles. The van der Waals surface area contributed by atoms with Gasteiger partial charge in [0.25, 0.3) is 10.1 Å². The number of carbonyl (C=O) groups excluding carboxylic acids is 1. The summed E-state index contributed by atoms with van der Waals surface area (Å²) in [6, 6.07) is 15.7. The highest BCUT2D eigenvalue weighted by atomic mass is 35.5. The molecule has 2 aromatic rings. The fourth-order valence-electron chi connectivity index (χ4n) is 2.49. The zero-order valence-electron chi connectivity index (χ0n) is 15.1. The number of carbonyl (C=O) groups is 1. The largest absolute Gasteiger partial charge is 0.464 e. The first-order chi connectivity index (χ1) is 12.9. The van der Waals surface area contributed by atoms with Gasteiger partial charge in [0.05, 0.1) is 11.6 Å². The van der Waals surface area contributed by atoms with Crippen LogP contribution in [0.4, 0.5) is 0 Å². The van der Waals surface area contributed by atoms with Crippen LogP contribution in [0.25, 0.3) is 0 Å². The van der Waals surface area contributed by atoms with Gasteiger partial charge in [0.1, 0.15) is 4.90 Å².